The fourth-order valence-corrected chi connectivity index (χ4v) is 2.30. The van der Waals surface area contributed by atoms with Crippen molar-refractivity contribution in [3.8, 4) is 0 Å². The molecule has 0 spiro atoms. The van der Waals surface area contributed by atoms with Gasteiger partial charge in [0.1, 0.15) is 11.5 Å². The van der Waals surface area contributed by atoms with Crippen molar-refractivity contribution < 1.29 is 18.8 Å². The molecule has 3 amide bonds. The Kier molecular flexibility index (Phi) is 3.84. The number of rotatable bonds is 4. The minimum Gasteiger partial charge on any atom is -0.350 e. The maximum atomic E-state index is 12.8. The molecule has 0 saturated heterocycles. The summed E-state index contributed by atoms with van der Waals surface area (Å²) in [6.45, 7) is 0.142. The molecule has 7 heteroatoms. The summed E-state index contributed by atoms with van der Waals surface area (Å²) in [6.07, 6.45) is 1.45. The normalized spacial score (nSPS) is 13.2. The second-order valence-corrected chi connectivity index (χ2v) is 4.92. The molecule has 0 unspecified atom stereocenters. The SMILES string of the molecule is O=C(NCCN1C(=O)c2cccnc2C1=O)c1ccc(F)cc1. The van der Waals surface area contributed by atoms with E-state index in [-0.39, 0.29) is 24.3 Å². The molecule has 0 saturated carbocycles. The Morgan fingerprint density at radius 1 is 1.13 bits per heavy atom. The van der Waals surface area contributed by atoms with E-state index in [9.17, 15) is 18.8 Å². The van der Waals surface area contributed by atoms with Crippen molar-refractivity contribution in [2.24, 2.45) is 0 Å². The number of hydrogen-bond acceptors (Lipinski definition) is 4. The minimum absolute atomic E-state index is 0.0426. The van der Waals surface area contributed by atoms with E-state index in [0.29, 0.717) is 5.56 Å². The van der Waals surface area contributed by atoms with Crippen LogP contribution < -0.4 is 5.32 Å². The zero-order valence-corrected chi connectivity index (χ0v) is 12.0. The van der Waals surface area contributed by atoms with Crippen LogP contribution in [0.1, 0.15) is 31.2 Å². The van der Waals surface area contributed by atoms with Gasteiger partial charge < -0.3 is 5.32 Å². The summed E-state index contributed by atoms with van der Waals surface area (Å²) in [5.41, 5.74) is 0.695. The number of nitrogens with one attached hydrogen (secondary N) is 1. The summed E-state index contributed by atoms with van der Waals surface area (Å²) in [7, 11) is 0. The molecule has 116 valence electrons. The molecule has 0 fully saturated rings. The first kappa shape index (κ1) is 14.8. The van der Waals surface area contributed by atoms with Gasteiger partial charge in [0.15, 0.2) is 0 Å². The standard InChI is InChI=1S/C16H12FN3O3/c17-11-5-3-10(4-6-11)14(21)19-8-9-20-15(22)12-2-1-7-18-13(12)16(20)23/h1-7H,8-9H2,(H,19,21). The first-order valence-electron chi connectivity index (χ1n) is 6.93. The van der Waals surface area contributed by atoms with Gasteiger partial charge in [0.25, 0.3) is 17.7 Å². The molecule has 23 heavy (non-hydrogen) atoms. The third-order valence-electron chi connectivity index (χ3n) is 3.46. The van der Waals surface area contributed by atoms with Crippen molar-refractivity contribution in [1.82, 2.24) is 15.2 Å². The van der Waals surface area contributed by atoms with Gasteiger partial charge in [-0.3, -0.25) is 24.3 Å². The molecule has 0 aliphatic carbocycles. The van der Waals surface area contributed by atoms with Crippen LogP contribution in [0.5, 0.6) is 0 Å². The van der Waals surface area contributed by atoms with Crippen LogP contribution in [0.4, 0.5) is 4.39 Å². The van der Waals surface area contributed by atoms with E-state index >= 15 is 0 Å². The molecule has 1 aromatic carbocycles. The molecule has 1 aromatic heterocycles. The van der Waals surface area contributed by atoms with Gasteiger partial charge in [-0.1, -0.05) is 0 Å². The molecule has 2 aromatic rings. The van der Waals surface area contributed by atoms with Crippen LogP contribution in [-0.4, -0.2) is 40.7 Å². The number of benzene rings is 1. The van der Waals surface area contributed by atoms with Crippen LogP contribution in [-0.2, 0) is 0 Å². The Morgan fingerprint density at radius 2 is 1.87 bits per heavy atom. The number of pyridine rings is 1. The maximum Gasteiger partial charge on any atom is 0.280 e. The summed E-state index contributed by atoms with van der Waals surface area (Å²) in [5, 5.41) is 2.59. The summed E-state index contributed by atoms with van der Waals surface area (Å²) < 4.78 is 12.8. The van der Waals surface area contributed by atoms with E-state index in [1.807, 2.05) is 0 Å². The number of nitrogens with zero attached hydrogens (tertiary/aromatic N) is 2. The van der Waals surface area contributed by atoms with Crippen LogP contribution >= 0.6 is 0 Å². The number of fused-ring (bicyclic) bond motifs is 1. The van der Waals surface area contributed by atoms with Crippen LogP contribution in [0.25, 0.3) is 0 Å². The Labute approximate surface area is 130 Å². The molecular weight excluding hydrogens is 301 g/mol. The lowest BCUT2D eigenvalue weighted by Gasteiger charge is -2.13. The topological polar surface area (TPSA) is 79.4 Å². The van der Waals surface area contributed by atoms with Crippen molar-refractivity contribution in [2.75, 3.05) is 13.1 Å². The third-order valence-corrected chi connectivity index (χ3v) is 3.46. The number of halogens is 1. The van der Waals surface area contributed by atoms with Gasteiger partial charge in [-0.2, -0.15) is 0 Å². The van der Waals surface area contributed by atoms with Crippen molar-refractivity contribution in [2.45, 2.75) is 0 Å². The second kappa shape index (κ2) is 5.96. The van der Waals surface area contributed by atoms with Gasteiger partial charge >= 0.3 is 0 Å². The average molecular weight is 313 g/mol. The second-order valence-electron chi connectivity index (χ2n) is 4.92. The van der Waals surface area contributed by atoms with E-state index in [1.54, 1.807) is 12.1 Å². The van der Waals surface area contributed by atoms with E-state index in [2.05, 4.69) is 10.3 Å². The van der Waals surface area contributed by atoms with Crippen molar-refractivity contribution in [3.05, 3.63) is 65.2 Å². The Balaban J connectivity index is 1.60. The van der Waals surface area contributed by atoms with Gasteiger partial charge in [0.05, 0.1) is 5.56 Å². The van der Waals surface area contributed by atoms with Gasteiger partial charge in [0.2, 0.25) is 0 Å². The summed E-state index contributed by atoms with van der Waals surface area (Å²) in [5.74, 6) is -1.73. The molecule has 3 rings (SSSR count). The lowest BCUT2D eigenvalue weighted by atomic mass is 10.2. The number of carbonyl (C=O) groups is 3. The van der Waals surface area contributed by atoms with Crippen molar-refractivity contribution in [3.63, 3.8) is 0 Å². The molecular formula is C16H12FN3O3. The predicted molar refractivity (Wildman–Crippen MR) is 78.3 cm³/mol. The van der Waals surface area contributed by atoms with Crippen LogP contribution in [0.2, 0.25) is 0 Å². The molecule has 1 N–H and O–H groups in total. The zero-order chi connectivity index (χ0) is 16.4. The quantitative estimate of drug-likeness (QED) is 0.862. The van der Waals surface area contributed by atoms with Crippen LogP contribution in [0.3, 0.4) is 0 Å². The lowest BCUT2D eigenvalue weighted by Crippen LogP contribution is -2.38. The number of aromatic nitrogens is 1. The Morgan fingerprint density at radius 3 is 2.57 bits per heavy atom. The molecule has 0 bridgehead atoms. The highest BCUT2D eigenvalue weighted by Crippen LogP contribution is 2.19. The zero-order valence-electron chi connectivity index (χ0n) is 12.0. The third kappa shape index (κ3) is 2.80. The highest BCUT2D eigenvalue weighted by atomic mass is 19.1. The monoisotopic (exact) mass is 313 g/mol. The molecule has 0 radical (unpaired) electrons. The number of amides is 3. The summed E-state index contributed by atoms with van der Waals surface area (Å²) in [4.78, 5) is 41.0. The van der Waals surface area contributed by atoms with Crippen LogP contribution in [0.15, 0.2) is 42.6 Å². The summed E-state index contributed by atoms with van der Waals surface area (Å²) >= 11 is 0. The Bertz CT molecular complexity index is 754. The fourth-order valence-electron chi connectivity index (χ4n) is 2.30. The van der Waals surface area contributed by atoms with Crippen molar-refractivity contribution >= 4 is 17.7 Å². The predicted octanol–water partition coefficient (Wildman–Crippen LogP) is 1.25. The van der Waals surface area contributed by atoms with Gasteiger partial charge in [-0.05, 0) is 36.4 Å². The first-order valence-corrected chi connectivity index (χ1v) is 6.93. The van der Waals surface area contributed by atoms with Crippen molar-refractivity contribution in [1.29, 1.82) is 0 Å². The molecule has 1 aliphatic rings. The number of hydrogen-bond donors (Lipinski definition) is 1. The molecule has 0 atom stereocenters. The van der Waals surface area contributed by atoms with E-state index in [1.165, 1.54) is 30.5 Å². The highest BCUT2D eigenvalue weighted by molar-refractivity contribution is 6.20. The van der Waals surface area contributed by atoms with E-state index in [0.717, 1.165) is 4.90 Å². The first-order chi connectivity index (χ1) is 11.1. The smallest absolute Gasteiger partial charge is 0.280 e. The van der Waals surface area contributed by atoms with Gasteiger partial charge in [-0.25, -0.2) is 4.39 Å². The maximum absolute atomic E-state index is 12.8. The minimum atomic E-state index is -0.471. The number of carbonyl (C=O) groups excluding carboxylic acids is 3. The lowest BCUT2D eigenvalue weighted by molar-refractivity contribution is 0.0648. The van der Waals surface area contributed by atoms with Gasteiger partial charge in [0, 0.05) is 24.8 Å². The molecule has 6 nitrogen and oxygen atoms in total. The summed E-state index contributed by atoms with van der Waals surface area (Å²) in [6, 6.07) is 8.21. The van der Waals surface area contributed by atoms with Gasteiger partial charge in [-0.15, -0.1) is 0 Å². The Hall–Kier alpha value is -3.09. The average Bonchev–Trinajstić information content (AvgIpc) is 2.81. The highest BCUT2D eigenvalue weighted by Gasteiger charge is 2.36. The van der Waals surface area contributed by atoms with E-state index < -0.39 is 23.5 Å². The largest absolute Gasteiger partial charge is 0.350 e. The molecule has 1 aliphatic heterocycles. The van der Waals surface area contributed by atoms with E-state index in [4.69, 9.17) is 0 Å². The van der Waals surface area contributed by atoms with Crippen LogP contribution in [0, 0.1) is 5.82 Å². The number of imide groups is 1. The fraction of sp³-hybridized carbons (Fsp3) is 0.125. The molecule has 2 heterocycles.